The lowest BCUT2D eigenvalue weighted by Crippen LogP contribution is -2.37. The molecule has 4 nitrogen and oxygen atoms in total. The van der Waals surface area contributed by atoms with Crippen molar-refractivity contribution < 1.29 is 0 Å². The van der Waals surface area contributed by atoms with Gasteiger partial charge in [0.1, 0.15) is 12.2 Å². The number of benzene rings is 1. The van der Waals surface area contributed by atoms with Gasteiger partial charge in [-0.25, -0.2) is 4.98 Å². The number of hydrogen-bond donors (Lipinski definition) is 2. The van der Waals surface area contributed by atoms with Crippen LogP contribution in [0.4, 0.5) is 0 Å². The van der Waals surface area contributed by atoms with Crippen molar-refractivity contribution in [2.45, 2.75) is 50.5 Å². The molecule has 21 heavy (non-hydrogen) atoms. The quantitative estimate of drug-likeness (QED) is 0.802. The lowest BCUT2D eigenvalue weighted by Gasteiger charge is -2.32. The lowest BCUT2D eigenvalue weighted by atomic mass is 9.80. The maximum Gasteiger partial charge on any atom is 0.137 e. The van der Waals surface area contributed by atoms with Crippen LogP contribution in [0, 0.1) is 0 Å². The van der Waals surface area contributed by atoms with E-state index in [9.17, 15) is 0 Å². The van der Waals surface area contributed by atoms with E-state index in [2.05, 4.69) is 50.8 Å². The van der Waals surface area contributed by atoms with E-state index >= 15 is 0 Å². The van der Waals surface area contributed by atoms with E-state index in [0.717, 1.165) is 25.2 Å². The monoisotopic (exact) mass is 284 g/mol. The van der Waals surface area contributed by atoms with Gasteiger partial charge in [0.25, 0.3) is 0 Å². The molecule has 1 fully saturated rings. The van der Waals surface area contributed by atoms with Gasteiger partial charge in [0.2, 0.25) is 0 Å². The number of aromatic amines is 1. The van der Waals surface area contributed by atoms with Crippen molar-refractivity contribution in [3.05, 3.63) is 48.0 Å². The molecular formula is C17H24N4. The Labute approximate surface area is 126 Å². The molecule has 1 aliphatic rings. The van der Waals surface area contributed by atoms with Gasteiger partial charge in [-0.3, -0.25) is 5.10 Å². The minimum absolute atomic E-state index is 0.621. The van der Waals surface area contributed by atoms with Crippen LogP contribution in [-0.2, 0) is 6.42 Å². The molecule has 0 amide bonds. The first-order valence-corrected chi connectivity index (χ1v) is 8.06. The Morgan fingerprint density at radius 2 is 2.00 bits per heavy atom. The normalized spacial score (nSPS) is 22.3. The molecule has 1 aliphatic carbocycles. The number of aryl methyl sites for hydroxylation is 1. The average Bonchev–Trinajstić information content (AvgIpc) is 3.06. The zero-order valence-corrected chi connectivity index (χ0v) is 12.5. The Morgan fingerprint density at radius 1 is 1.14 bits per heavy atom. The second-order valence-corrected chi connectivity index (χ2v) is 5.90. The van der Waals surface area contributed by atoms with Crippen LogP contribution in [0.2, 0.25) is 0 Å². The molecule has 2 atom stereocenters. The Kier molecular flexibility index (Phi) is 5.00. The molecule has 112 valence electrons. The third-order valence-electron chi connectivity index (χ3n) is 4.46. The molecule has 0 spiro atoms. The van der Waals surface area contributed by atoms with Gasteiger partial charge in [-0.2, -0.15) is 5.10 Å². The summed E-state index contributed by atoms with van der Waals surface area (Å²) < 4.78 is 0. The standard InChI is InChI=1S/C17H24N4/c1-2-7-14(8-3-1)15-9-4-5-10-16(15)18-12-6-11-17-19-13-20-21-17/h1-3,7-8,13,15-16,18H,4-6,9-12H2,(H,19,20,21). The Hall–Kier alpha value is -1.68. The summed E-state index contributed by atoms with van der Waals surface area (Å²) in [6, 6.07) is 11.6. The summed E-state index contributed by atoms with van der Waals surface area (Å²) in [5, 5.41) is 10.6. The van der Waals surface area contributed by atoms with Crippen molar-refractivity contribution >= 4 is 0 Å². The predicted molar refractivity (Wildman–Crippen MR) is 84.1 cm³/mol. The summed E-state index contributed by atoms with van der Waals surface area (Å²) in [7, 11) is 0. The number of H-pyrrole nitrogens is 1. The van der Waals surface area contributed by atoms with Crippen LogP contribution in [0.3, 0.4) is 0 Å². The largest absolute Gasteiger partial charge is 0.313 e. The molecular weight excluding hydrogens is 260 g/mol. The van der Waals surface area contributed by atoms with Crippen molar-refractivity contribution in [2.24, 2.45) is 0 Å². The van der Waals surface area contributed by atoms with Crippen molar-refractivity contribution in [2.75, 3.05) is 6.54 Å². The van der Waals surface area contributed by atoms with Gasteiger partial charge in [0, 0.05) is 12.5 Å². The molecule has 0 radical (unpaired) electrons. The predicted octanol–water partition coefficient (Wildman–Crippen LogP) is 3.05. The summed E-state index contributed by atoms with van der Waals surface area (Å²) in [6.45, 7) is 1.05. The summed E-state index contributed by atoms with van der Waals surface area (Å²) in [5.74, 6) is 1.66. The fourth-order valence-corrected chi connectivity index (χ4v) is 3.37. The number of aromatic nitrogens is 3. The molecule has 4 heteroatoms. The second kappa shape index (κ2) is 7.36. The molecule has 0 aliphatic heterocycles. The summed E-state index contributed by atoms with van der Waals surface area (Å²) in [5.41, 5.74) is 1.49. The fraction of sp³-hybridized carbons (Fsp3) is 0.529. The van der Waals surface area contributed by atoms with Crippen LogP contribution in [0.15, 0.2) is 36.7 Å². The third kappa shape index (κ3) is 3.91. The molecule has 1 aromatic carbocycles. The second-order valence-electron chi connectivity index (χ2n) is 5.90. The maximum atomic E-state index is 4.17. The van der Waals surface area contributed by atoms with E-state index in [1.54, 1.807) is 6.33 Å². The van der Waals surface area contributed by atoms with Gasteiger partial charge in [-0.15, -0.1) is 0 Å². The molecule has 2 N–H and O–H groups in total. The van der Waals surface area contributed by atoms with Crippen LogP contribution in [0.25, 0.3) is 0 Å². The Balaban J connectivity index is 1.50. The van der Waals surface area contributed by atoms with Gasteiger partial charge in [-0.1, -0.05) is 43.2 Å². The first-order valence-electron chi connectivity index (χ1n) is 8.06. The van der Waals surface area contributed by atoms with E-state index in [1.165, 1.54) is 31.2 Å². The highest BCUT2D eigenvalue weighted by molar-refractivity contribution is 5.21. The SMILES string of the molecule is c1ccc(C2CCCCC2NCCCc2ncn[nH]2)cc1. The first kappa shape index (κ1) is 14.3. The van der Waals surface area contributed by atoms with Gasteiger partial charge in [0.05, 0.1) is 0 Å². The van der Waals surface area contributed by atoms with Crippen LogP contribution in [-0.4, -0.2) is 27.8 Å². The molecule has 1 saturated carbocycles. The highest BCUT2D eigenvalue weighted by Crippen LogP contribution is 2.32. The van der Waals surface area contributed by atoms with Gasteiger partial charge < -0.3 is 5.32 Å². The molecule has 0 bridgehead atoms. The highest BCUT2D eigenvalue weighted by Gasteiger charge is 2.25. The average molecular weight is 284 g/mol. The van der Waals surface area contributed by atoms with Crippen molar-refractivity contribution in [3.63, 3.8) is 0 Å². The summed E-state index contributed by atoms with van der Waals surface area (Å²) in [6.07, 6.45) is 8.96. The number of nitrogens with one attached hydrogen (secondary N) is 2. The van der Waals surface area contributed by atoms with Gasteiger partial charge in [-0.05, 0) is 37.3 Å². The lowest BCUT2D eigenvalue weighted by molar-refractivity contribution is 0.326. The van der Waals surface area contributed by atoms with Crippen molar-refractivity contribution in [1.29, 1.82) is 0 Å². The zero-order valence-electron chi connectivity index (χ0n) is 12.5. The minimum atomic E-state index is 0.621. The summed E-state index contributed by atoms with van der Waals surface area (Å²) in [4.78, 5) is 4.17. The van der Waals surface area contributed by atoms with Gasteiger partial charge in [0.15, 0.2) is 0 Å². The first-order chi connectivity index (χ1) is 10.4. The molecule has 2 unspecified atom stereocenters. The van der Waals surface area contributed by atoms with Crippen LogP contribution in [0.5, 0.6) is 0 Å². The Bertz CT molecular complexity index is 509. The number of nitrogens with zero attached hydrogens (tertiary/aromatic N) is 2. The van der Waals surface area contributed by atoms with Crippen LogP contribution >= 0.6 is 0 Å². The molecule has 3 rings (SSSR count). The third-order valence-corrected chi connectivity index (χ3v) is 4.46. The van der Waals surface area contributed by atoms with E-state index < -0.39 is 0 Å². The number of rotatable bonds is 6. The zero-order chi connectivity index (χ0) is 14.3. The highest BCUT2D eigenvalue weighted by atomic mass is 15.2. The fourth-order valence-electron chi connectivity index (χ4n) is 3.37. The van der Waals surface area contributed by atoms with Crippen molar-refractivity contribution in [3.8, 4) is 0 Å². The minimum Gasteiger partial charge on any atom is -0.313 e. The maximum absolute atomic E-state index is 4.17. The van der Waals surface area contributed by atoms with E-state index in [-0.39, 0.29) is 0 Å². The molecule has 1 aromatic heterocycles. The molecule has 1 heterocycles. The van der Waals surface area contributed by atoms with Crippen molar-refractivity contribution in [1.82, 2.24) is 20.5 Å². The topological polar surface area (TPSA) is 53.6 Å². The smallest absolute Gasteiger partial charge is 0.137 e. The van der Waals surface area contributed by atoms with E-state index in [4.69, 9.17) is 0 Å². The molecule has 2 aromatic rings. The van der Waals surface area contributed by atoms with Gasteiger partial charge >= 0.3 is 0 Å². The van der Waals surface area contributed by atoms with E-state index in [1.807, 2.05) is 0 Å². The van der Waals surface area contributed by atoms with E-state index in [0.29, 0.717) is 12.0 Å². The number of hydrogen-bond acceptors (Lipinski definition) is 3. The summed E-state index contributed by atoms with van der Waals surface area (Å²) >= 11 is 0. The molecule has 0 saturated heterocycles. The van der Waals surface area contributed by atoms with Crippen LogP contribution < -0.4 is 5.32 Å². The van der Waals surface area contributed by atoms with Crippen LogP contribution in [0.1, 0.15) is 49.4 Å². The Morgan fingerprint density at radius 3 is 2.81 bits per heavy atom.